The van der Waals surface area contributed by atoms with E-state index in [1.165, 1.54) is 57.8 Å². The van der Waals surface area contributed by atoms with E-state index in [0.29, 0.717) is 40.6 Å². The summed E-state index contributed by atoms with van der Waals surface area (Å²) in [6.07, 6.45) is 13.3. The van der Waals surface area contributed by atoms with Gasteiger partial charge in [0.1, 0.15) is 0 Å². The highest BCUT2D eigenvalue weighted by molar-refractivity contribution is 6.74. The lowest BCUT2D eigenvalue weighted by Crippen LogP contribution is -2.62. The molecule has 5 unspecified atom stereocenters. The number of hydrogen-bond acceptors (Lipinski definition) is 2. The molecule has 4 saturated carbocycles. The minimum Gasteiger partial charge on any atom is -0.414 e. The molecule has 0 aromatic rings. The van der Waals surface area contributed by atoms with Crippen LogP contribution in [0.2, 0.25) is 18.1 Å². The minimum absolute atomic E-state index is 0.112. The maximum Gasteiger partial charge on any atom is 0.192 e. The molecule has 3 heteroatoms. The predicted molar refractivity (Wildman–Crippen MR) is 152 cm³/mol. The van der Waals surface area contributed by atoms with Crippen LogP contribution in [0, 0.1) is 52.3 Å². The molecular weight excluding hydrogens is 444 g/mol. The van der Waals surface area contributed by atoms with Gasteiger partial charge in [-0.2, -0.15) is 0 Å². The third kappa shape index (κ3) is 4.54. The van der Waals surface area contributed by atoms with Crippen molar-refractivity contribution in [2.45, 2.75) is 150 Å². The molecule has 2 nitrogen and oxygen atoms in total. The zero-order valence-corrected chi connectivity index (χ0v) is 26.1. The summed E-state index contributed by atoms with van der Waals surface area (Å²) < 4.78 is 7.01. The van der Waals surface area contributed by atoms with Crippen LogP contribution in [0.5, 0.6) is 0 Å². The fourth-order valence-electron chi connectivity index (χ4n) is 10.3. The first kappa shape index (κ1) is 28.2. The lowest BCUT2D eigenvalue weighted by atomic mass is 9.41. The van der Waals surface area contributed by atoms with E-state index in [4.69, 9.17) is 4.43 Å². The van der Waals surface area contributed by atoms with Gasteiger partial charge in [0.25, 0.3) is 0 Å². The maximum absolute atomic E-state index is 12.1. The molecule has 4 aliphatic rings. The minimum atomic E-state index is -1.77. The van der Waals surface area contributed by atoms with Gasteiger partial charge in [0, 0.05) is 6.10 Å². The van der Waals surface area contributed by atoms with Crippen molar-refractivity contribution in [1.29, 1.82) is 0 Å². The Labute approximate surface area is 219 Å². The molecule has 0 amide bonds. The summed E-state index contributed by atoms with van der Waals surface area (Å²) >= 11 is 0. The quantitative estimate of drug-likeness (QED) is 0.365. The fraction of sp³-hybridized carbons (Fsp3) is 1.00. The van der Waals surface area contributed by atoms with E-state index in [2.05, 4.69) is 68.5 Å². The monoisotopic (exact) mass is 504 g/mol. The molecule has 11 atom stereocenters. The van der Waals surface area contributed by atoms with Crippen molar-refractivity contribution in [2.24, 2.45) is 52.3 Å². The number of hydrogen-bond donors (Lipinski definition) is 1. The molecule has 0 radical (unpaired) electrons. The smallest absolute Gasteiger partial charge is 0.192 e. The maximum atomic E-state index is 12.1. The van der Waals surface area contributed by atoms with Gasteiger partial charge in [0.05, 0.1) is 6.10 Å². The van der Waals surface area contributed by atoms with Crippen LogP contribution >= 0.6 is 0 Å². The van der Waals surface area contributed by atoms with E-state index < -0.39 is 8.32 Å². The Kier molecular flexibility index (Phi) is 7.81. The molecule has 4 aliphatic carbocycles. The highest BCUT2D eigenvalue weighted by atomic mass is 28.4. The van der Waals surface area contributed by atoms with E-state index in [9.17, 15) is 5.11 Å². The SMILES string of the molecule is CCC[C@@H](C)C1CCC2C3C(CC[C@@]21C)[C@@]1(C)CC[C@@H](O[Si](C)(C)C(C)(C)C)CC1[C@@H](CC)[C@H]3O. The zero-order valence-electron chi connectivity index (χ0n) is 25.1. The third-order valence-electron chi connectivity index (χ3n) is 13.1. The van der Waals surface area contributed by atoms with Gasteiger partial charge in [-0.1, -0.05) is 74.7 Å². The second-order valence-corrected chi connectivity index (χ2v) is 20.5. The highest BCUT2D eigenvalue weighted by Gasteiger charge is 2.65. The molecule has 4 fully saturated rings. The Hall–Kier alpha value is 0.137. The van der Waals surface area contributed by atoms with Gasteiger partial charge in [0.15, 0.2) is 8.32 Å². The van der Waals surface area contributed by atoms with Crippen LogP contribution in [-0.2, 0) is 4.43 Å². The number of fused-ring (bicyclic) bond motifs is 5. The fourth-order valence-corrected chi connectivity index (χ4v) is 11.7. The molecule has 1 N–H and O–H groups in total. The topological polar surface area (TPSA) is 29.5 Å². The molecule has 0 saturated heterocycles. The van der Waals surface area contributed by atoms with Gasteiger partial charge < -0.3 is 9.53 Å². The van der Waals surface area contributed by atoms with Crippen molar-refractivity contribution in [3.63, 3.8) is 0 Å². The van der Waals surface area contributed by atoms with Crippen LogP contribution in [-0.4, -0.2) is 25.6 Å². The Bertz CT molecular complexity index is 742. The lowest BCUT2D eigenvalue weighted by Gasteiger charge is -2.65. The first-order chi connectivity index (χ1) is 16.2. The Morgan fingerprint density at radius 1 is 0.943 bits per heavy atom. The van der Waals surface area contributed by atoms with E-state index in [1.54, 1.807) is 0 Å². The van der Waals surface area contributed by atoms with Crippen LogP contribution in [0.1, 0.15) is 120 Å². The van der Waals surface area contributed by atoms with E-state index >= 15 is 0 Å². The Morgan fingerprint density at radius 3 is 2.17 bits per heavy atom. The molecule has 0 aromatic carbocycles. The molecule has 0 aliphatic heterocycles. The predicted octanol–water partition coefficient (Wildman–Crippen LogP) is 9.08. The summed E-state index contributed by atoms with van der Waals surface area (Å²) in [4.78, 5) is 0. The van der Waals surface area contributed by atoms with Gasteiger partial charge in [-0.25, -0.2) is 0 Å². The van der Waals surface area contributed by atoms with E-state index in [0.717, 1.165) is 24.2 Å². The first-order valence-corrected chi connectivity index (χ1v) is 18.5. The van der Waals surface area contributed by atoms with Crippen molar-refractivity contribution < 1.29 is 9.53 Å². The molecule has 35 heavy (non-hydrogen) atoms. The van der Waals surface area contributed by atoms with Gasteiger partial charge in [-0.15, -0.1) is 0 Å². The second-order valence-electron chi connectivity index (χ2n) is 15.7. The Morgan fingerprint density at radius 2 is 1.57 bits per heavy atom. The third-order valence-corrected chi connectivity index (χ3v) is 17.7. The normalized spacial score (nSPS) is 47.1. The van der Waals surface area contributed by atoms with Crippen LogP contribution in [0.25, 0.3) is 0 Å². The number of aliphatic hydroxyl groups is 1. The molecule has 0 aromatic heterocycles. The van der Waals surface area contributed by atoms with E-state index in [1.807, 2.05) is 0 Å². The van der Waals surface area contributed by atoms with Gasteiger partial charge >= 0.3 is 0 Å². The molecule has 4 rings (SSSR count). The van der Waals surface area contributed by atoms with E-state index in [-0.39, 0.29) is 11.1 Å². The summed E-state index contributed by atoms with van der Waals surface area (Å²) in [7, 11) is -1.77. The van der Waals surface area contributed by atoms with Gasteiger partial charge in [0.2, 0.25) is 0 Å². The molecule has 204 valence electrons. The molecular formula is C32H60O2Si. The molecule has 0 bridgehead atoms. The summed E-state index contributed by atoms with van der Waals surface area (Å²) in [6, 6.07) is 0. The second kappa shape index (κ2) is 9.71. The van der Waals surface area contributed by atoms with Crippen LogP contribution in [0.4, 0.5) is 0 Å². The van der Waals surface area contributed by atoms with Gasteiger partial charge in [-0.3, -0.25) is 0 Å². The largest absolute Gasteiger partial charge is 0.414 e. The summed E-state index contributed by atoms with van der Waals surface area (Å²) in [6.45, 7) is 24.5. The highest BCUT2D eigenvalue weighted by Crippen LogP contribution is 2.69. The van der Waals surface area contributed by atoms with Crippen LogP contribution < -0.4 is 0 Å². The summed E-state index contributed by atoms with van der Waals surface area (Å²) in [5.41, 5.74) is 0.827. The zero-order chi connectivity index (χ0) is 26.0. The van der Waals surface area contributed by atoms with Crippen LogP contribution in [0.3, 0.4) is 0 Å². The van der Waals surface area contributed by atoms with Crippen molar-refractivity contribution >= 4 is 8.32 Å². The van der Waals surface area contributed by atoms with Gasteiger partial charge in [-0.05, 0) is 115 Å². The van der Waals surface area contributed by atoms with Crippen molar-refractivity contribution in [3.05, 3.63) is 0 Å². The lowest BCUT2D eigenvalue weighted by molar-refractivity contribution is -0.202. The molecule has 0 heterocycles. The van der Waals surface area contributed by atoms with Crippen molar-refractivity contribution in [2.75, 3.05) is 0 Å². The molecule has 0 spiro atoms. The number of rotatable bonds is 6. The number of aliphatic hydroxyl groups excluding tert-OH is 1. The average Bonchev–Trinajstić information content (AvgIpc) is 3.11. The average molecular weight is 505 g/mol. The summed E-state index contributed by atoms with van der Waals surface area (Å²) in [5.74, 6) is 4.72. The van der Waals surface area contributed by atoms with Crippen LogP contribution in [0.15, 0.2) is 0 Å². The van der Waals surface area contributed by atoms with Crippen molar-refractivity contribution in [1.82, 2.24) is 0 Å². The standard InChI is InChI=1S/C32H60O2Si/c1-11-13-21(3)24-14-15-25-28-26(17-19-31(24,25)7)32(8)18-16-22(34-35(9,10)30(4,5)6)20-27(32)23(12-2)29(28)33/h21-29,33H,11-20H2,1-10H3/t21-,22-,23-,24?,25?,26?,27?,28?,29-,31-,32-/m1/s1. The van der Waals surface area contributed by atoms with Crippen molar-refractivity contribution in [3.8, 4) is 0 Å². The summed E-state index contributed by atoms with van der Waals surface area (Å²) in [5, 5.41) is 12.4. The first-order valence-electron chi connectivity index (χ1n) is 15.6. The Balaban J connectivity index is 1.59.